The number of rotatable bonds is 4. The standard InChI is InChI=1S/C15H11BrINO2/c16-11-6-7-13(17)12(8-11)15(20)18-9-14(19)10-4-2-1-3-5-10/h1-8H,9H2,(H,18,20). The molecule has 0 unspecified atom stereocenters. The first-order chi connectivity index (χ1) is 9.58. The third-order valence-electron chi connectivity index (χ3n) is 2.68. The lowest BCUT2D eigenvalue weighted by atomic mass is 10.1. The largest absolute Gasteiger partial charge is 0.345 e. The van der Waals surface area contributed by atoms with E-state index in [4.69, 9.17) is 0 Å². The van der Waals surface area contributed by atoms with Crippen LogP contribution in [0.4, 0.5) is 0 Å². The molecule has 20 heavy (non-hydrogen) atoms. The van der Waals surface area contributed by atoms with E-state index in [1.807, 2.05) is 18.2 Å². The molecule has 3 nitrogen and oxygen atoms in total. The number of Topliss-reactive ketones (excluding diaryl/α,β-unsaturated/α-hetero) is 1. The summed E-state index contributed by atoms with van der Waals surface area (Å²) in [6.45, 7) is -0.00849. The molecule has 0 saturated carbocycles. The number of benzene rings is 2. The number of amides is 1. The Bertz CT molecular complexity index is 644. The van der Waals surface area contributed by atoms with Gasteiger partial charge in [0.15, 0.2) is 5.78 Å². The molecule has 0 bridgehead atoms. The van der Waals surface area contributed by atoms with Gasteiger partial charge in [-0.1, -0.05) is 46.3 Å². The molecule has 0 atom stereocenters. The molecule has 0 heterocycles. The van der Waals surface area contributed by atoms with Crippen LogP contribution in [0.5, 0.6) is 0 Å². The van der Waals surface area contributed by atoms with E-state index in [1.165, 1.54) is 0 Å². The first-order valence-electron chi connectivity index (χ1n) is 5.89. The molecule has 2 rings (SSSR count). The average molecular weight is 444 g/mol. The minimum Gasteiger partial charge on any atom is -0.345 e. The molecule has 0 radical (unpaired) electrons. The van der Waals surface area contributed by atoms with Crippen LogP contribution in [0, 0.1) is 3.57 Å². The van der Waals surface area contributed by atoms with Gasteiger partial charge in [-0.05, 0) is 40.8 Å². The maximum Gasteiger partial charge on any atom is 0.252 e. The van der Waals surface area contributed by atoms with E-state index >= 15 is 0 Å². The Balaban J connectivity index is 2.02. The molecule has 0 aliphatic carbocycles. The molecule has 0 aliphatic heterocycles. The number of hydrogen-bond acceptors (Lipinski definition) is 2. The smallest absolute Gasteiger partial charge is 0.252 e. The number of nitrogens with one attached hydrogen (secondary N) is 1. The molecule has 1 N–H and O–H groups in total. The van der Waals surface area contributed by atoms with Crippen molar-refractivity contribution in [1.82, 2.24) is 5.32 Å². The van der Waals surface area contributed by atoms with E-state index in [-0.39, 0.29) is 18.2 Å². The minimum atomic E-state index is -0.250. The molecule has 0 saturated heterocycles. The van der Waals surface area contributed by atoms with Gasteiger partial charge in [-0.25, -0.2) is 0 Å². The second kappa shape index (κ2) is 6.99. The highest BCUT2D eigenvalue weighted by molar-refractivity contribution is 14.1. The van der Waals surface area contributed by atoms with Gasteiger partial charge in [0.05, 0.1) is 12.1 Å². The van der Waals surface area contributed by atoms with Crippen molar-refractivity contribution in [3.05, 3.63) is 67.7 Å². The number of carbonyl (C=O) groups is 2. The van der Waals surface area contributed by atoms with Crippen molar-refractivity contribution in [1.29, 1.82) is 0 Å². The highest BCUT2D eigenvalue weighted by atomic mass is 127. The lowest BCUT2D eigenvalue weighted by Gasteiger charge is -2.07. The number of carbonyl (C=O) groups excluding carboxylic acids is 2. The molecule has 0 fully saturated rings. The Morgan fingerprint density at radius 3 is 2.50 bits per heavy atom. The van der Waals surface area contributed by atoms with E-state index in [0.717, 1.165) is 8.04 Å². The molecule has 2 aromatic rings. The fraction of sp³-hybridized carbons (Fsp3) is 0.0667. The van der Waals surface area contributed by atoms with Gasteiger partial charge in [0, 0.05) is 13.6 Å². The Kier molecular flexibility index (Phi) is 5.31. The van der Waals surface area contributed by atoms with Crippen LogP contribution in [0.2, 0.25) is 0 Å². The van der Waals surface area contributed by atoms with Crippen molar-refractivity contribution in [3.8, 4) is 0 Å². The van der Waals surface area contributed by atoms with Crippen molar-refractivity contribution in [2.45, 2.75) is 0 Å². The summed E-state index contributed by atoms with van der Waals surface area (Å²) >= 11 is 5.43. The van der Waals surface area contributed by atoms with E-state index in [2.05, 4.69) is 43.8 Å². The fourth-order valence-electron chi connectivity index (χ4n) is 1.65. The highest BCUT2D eigenvalue weighted by Gasteiger charge is 2.12. The highest BCUT2D eigenvalue weighted by Crippen LogP contribution is 2.18. The van der Waals surface area contributed by atoms with Crippen molar-refractivity contribution < 1.29 is 9.59 Å². The zero-order valence-electron chi connectivity index (χ0n) is 10.4. The van der Waals surface area contributed by atoms with Crippen LogP contribution in [-0.4, -0.2) is 18.2 Å². The predicted octanol–water partition coefficient (Wildman–Crippen LogP) is 3.67. The summed E-state index contributed by atoms with van der Waals surface area (Å²) in [5, 5.41) is 2.65. The third-order valence-corrected chi connectivity index (χ3v) is 4.11. The van der Waals surface area contributed by atoms with Crippen LogP contribution < -0.4 is 5.32 Å². The topological polar surface area (TPSA) is 46.2 Å². The first-order valence-corrected chi connectivity index (χ1v) is 7.76. The maximum absolute atomic E-state index is 12.1. The molecule has 0 spiro atoms. The van der Waals surface area contributed by atoms with Gasteiger partial charge < -0.3 is 5.32 Å². The Morgan fingerprint density at radius 1 is 1.10 bits per heavy atom. The fourth-order valence-corrected chi connectivity index (χ4v) is 2.59. The Hall–Kier alpha value is -1.21. The summed E-state index contributed by atoms with van der Waals surface area (Å²) in [6, 6.07) is 14.4. The van der Waals surface area contributed by atoms with Crippen LogP contribution in [0.25, 0.3) is 0 Å². The van der Waals surface area contributed by atoms with Crippen molar-refractivity contribution >= 4 is 50.2 Å². The molecule has 1 amide bonds. The Labute approximate surface area is 139 Å². The van der Waals surface area contributed by atoms with E-state index in [0.29, 0.717) is 11.1 Å². The summed E-state index contributed by atoms with van der Waals surface area (Å²) < 4.78 is 1.67. The van der Waals surface area contributed by atoms with Gasteiger partial charge in [-0.3, -0.25) is 9.59 Å². The molecule has 2 aromatic carbocycles. The molecule has 102 valence electrons. The predicted molar refractivity (Wildman–Crippen MR) is 90.0 cm³/mol. The van der Waals surface area contributed by atoms with Gasteiger partial charge in [-0.15, -0.1) is 0 Å². The second-order valence-electron chi connectivity index (χ2n) is 4.10. The van der Waals surface area contributed by atoms with Gasteiger partial charge in [0.2, 0.25) is 0 Å². The molecular formula is C15H11BrINO2. The average Bonchev–Trinajstić information content (AvgIpc) is 2.47. The van der Waals surface area contributed by atoms with Crippen LogP contribution in [0.1, 0.15) is 20.7 Å². The molecular weight excluding hydrogens is 433 g/mol. The molecule has 0 aromatic heterocycles. The minimum absolute atomic E-state index is 0.00849. The number of ketones is 1. The quantitative estimate of drug-likeness (QED) is 0.578. The van der Waals surface area contributed by atoms with Gasteiger partial charge >= 0.3 is 0 Å². The van der Waals surface area contributed by atoms with Crippen LogP contribution in [-0.2, 0) is 0 Å². The first kappa shape index (κ1) is 15.2. The number of halogens is 2. The van der Waals surface area contributed by atoms with Crippen molar-refractivity contribution in [3.63, 3.8) is 0 Å². The third kappa shape index (κ3) is 3.89. The van der Waals surface area contributed by atoms with E-state index < -0.39 is 0 Å². The summed E-state index contributed by atoms with van der Waals surface area (Å²) in [7, 11) is 0. The van der Waals surface area contributed by atoms with Crippen LogP contribution >= 0.6 is 38.5 Å². The lowest BCUT2D eigenvalue weighted by molar-refractivity contribution is 0.0903. The zero-order valence-corrected chi connectivity index (χ0v) is 14.1. The summed E-state index contributed by atoms with van der Waals surface area (Å²) in [6.07, 6.45) is 0. The van der Waals surface area contributed by atoms with Crippen LogP contribution in [0.3, 0.4) is 0 Å². The maximum atomic E-state index is 12.1. The second-order valence-corrected chi connectivity index (χ2v) is 6.17. The number of hydrogen-bond donors (Lipinski definition) is 1. The lowest BCUT2D eigenvalue weighted by Crippen LogP contribution is -2.30. The van der Waals surface area contributed by atoms with Gasteiger partial charge in [0.1, 0.15) is 0 Å². The monoisotopic (exact) mass is 443 g/mol. The van der Waals surface area contributed by atoms with Crippen molar-refractivity contribution in [2.24, 2.45) is 0 Å². The summed E-state index contributed by atoms with van der Waals surface area (Å²) in [4.78, 5) is 24.0. The molecule has 5 heteroatoms. The van der Waals surface area contributed by atoms with E-state index in [9.17, 15) is 9.59 Å². The molecule has 0 aliphatic rings. The SMILES string of the molecule is O=C(CNC(=O)c1cc(Br)ccc1I)c1ccccc1. The zero-order chi connectivity index (χ0) is 14.5. The van der Waals surface area contributed by atoms with Gasteiger partial charge in [-0.2, -0.15) is 0 Å². The Morgan fingerprint density at radius 2 is 1.80 bits per heavy atom. The summed E-state index contributed by atoms with van der Waals surface area (Å²) in [5.74, 6) is -0.357. The van der Waals surface area contributed by atoms with E-state index in [1.54, 1.807) is 30.3 Å². The summed E-state index contributed by atoms with van der Waals surface area (Å²) in [5.41, 5.74) is 1.15. The van der Waals surface area contributed by atoms with Crippen molar-refractivity contribution in [2.75, 3.05) is 6.54 Å². The van der Waals surface area contributed by atoms with Gasteiger partial charge in [0.25, 0.3) is 5.91 Å². The van der Waals surface area contributed by atoms with Crippen LogP contribution in [0.15, 0.2) is 53.0 Å². The normalized spacial score (nSPS) is 10.1.